The van der Waals surface area contributed by atoms with Gasteiger partial charge in [0, 0.05) is 11.9 Å². The van der Waals surface area contributed by atoms with Gasteiger partial charge in [0.1, 0.15) is 0 Å². The zero-order valence-corrected chi connectivity index (χ0v) is 13.7. The summed E-state index contributed by atoms with van der Waals surface area (Å²) in [4.78, 5) is 12.3. The lowest BCUT2D eigenvalue weighted by Crippen LogP contribution is -2.15. The summed E-state index contributed by atoms with van der Waals surface area (Å²) in [5, 5.41) is 2.87. The zero-order chi connectivity index (χ0) is 16.3. The number of carbonyl (C=O) groups is 1. The van der Waals surface area contributed by atoms with E-state index in [1.807, 2.05) is 32.0 Å². The van der Waals surface area contributed by atoms with Crippen molar-refractivity contribution in [3.63, 3.8) is 0 Å². The van der Waals surface area contributed by atoms with Crippen LogP contribution in [0.4, 0.5) is 5.69 Å². The van der Waals surface area contributed by atoms with Crippen molar-refractivity contribution >= 4 is 21.4 Å². The molecule has 0 saturated heterocycles. The van der Waals surface area contributed by atoms with Crippen LogP contribution in [0.2, 0.25) is 0 Å². The normalized spacial score (nSPS) is 11.2. The minimum Gasteiger partial charge on any atom is -0.326 e. The maximum atomic E-state index is 12.1. The van der Waals surface area contributed by atoms with E-state index in [0.29, 0.717) is 0 Å². The first-order valence-corrected chi connectivity index (χ1v) is 8.81. The van der Waals surface area contributed by atoms with Gasteiger partial charge in [0.15, 0.2) is 9.84 Å². The van der Waals surface area contributed by atoms with Gasteiger partial charge in [-0.25, -0.2) is 8.42 Å². The molecule has 0 aliphatic carbocycles. The smallest absolute Gasteiger partial charge is 0.228 e. The zero-order valence-electron chi connectivity index (χ0n) is 12.9. The second kappa shape index (κ2) is 6.32. The molecule has 4 nitrogen and oxygen atoms in total. The lowest BCUT2D eigenvalue weighted by Gasteiger charge is -2.09. The maximum absolute atomic E-state index is 12.1. The molecule has 0 spiro atoms. The molecule has 0 heterocycles. The minimum absolute atomic E-state index is 0.126. The molecule has 0 aliphatic rings. The van der Waals surface area contributed by atoms with Crippen molar-refractivity contribution in [1.82, 2.24) is 0 Å². The number of sulfone groups is 1. The summed E-state index contributed by atoms with van der Waals surface area (Å²) in [6.07, 6.45) is 1.37. The van der Waals surface area contributed by atoms with Crippen LogP contribution in [0.25, 0.3) is 0 Å². The molecule has 22 heavy (non-hydrogen) atoms. The SMILES string of the molecule is Cc1ccc(NC(=O)Cc2ccc(S(C)(=O)=O)cc2)c(C)c1. The molecule has 0 bridgehead atoms. The molecule has 0 unspecified atom stereocenters. The number of hydrogen-bond donors (Lipinski definition) is 1. The lowest BCUT2D eigenvalue weighted by molar-refractivity contribution is -0.115. The molecule has 0 aromatic heterocycles. The third-order valence-electron chi connectivity index (χ3n) is 3.37. The Bertz CT molecular complexity index is 793. The van der Waals surface area contributed by atoms with Crippen molar-refractivity contribution in [3.8, 4) is 0 Å². The molecule has 0 fully saturated rings. The van der Waals surface area contributed by atoms with Gasteiger partial charge < -0.3 is 5.32 Å². The largest absolute Gasteiger partial charge is 0.326 e. The second-order valence-electron chi connectivity index (χ2n) is 5.46. The van der Waals surface area contributed by atoms with Crippen molar-refractivity contribution < 1.29 is 13.2 Å². The summed E-state index contributed by atoms with van der Waals surface area (Å²) >= 11 is 0. The first kappa shape index (κ1) is 16.2. The van der Waals surface area contributed by atoms with Crippen LogP contribution in [0.5, 0.6) is 0 Å². The van der Waals surface area contributed by atoms with Gasteiger partial charge in [0.05, 0.1) is 11.3 Å². The second-order valence-corrected chi connectivity index (χ2v) is 7.48. The van der Waals surface area contributed by atoms with E-state index in [2.05, 4.69) is 5.32 Å². The highest BCUT2D eigenvalue weighted by molar-refractivity contribution is 7.90. The Morgan fingerprint density at radius 1 is 1.05 bits per heavy atom. The third-order valence-corrected chi connectivity index (χ3v) is 4.50. The highest BCUT2D eigenvalue weighted by atomic mass is 32.2. The van der Waals surface area contributed by atoms with Gasteiger partial charge in [-0.3, -0.25) is 4.79 Å². The third kappa shape index (κ3) is 4.18. The van der Waals surface area contributed by atoms with Crippen molar-refractivity contribution in [2.75, 3.05) is 11.6 Å². The summed E-state index contributed by atoms with van der Waals surface area (Å²) in [6.45, 7) is 3.95. The highest BCUT2D eigenvalue weighted by Crippen LogP contribution is 2.17. The van der Waals surface area contributed by atoms with Crippen molar-refractivity contribution in [1.29, 1.82) is 0 Å². The predicted octanol–water partition coefficient (Wildman–Crippen LogP) is 2.89. The number of benzene rings is 2. The Kier molecular flexibility index (Phi) is 4.66. The van der Waals surface area contributed by atoms with E-state index in [1.54, 1.807) is 12.1 Å². The number of anilines is 1. The fourth-order valence-electron chi connectivity index (χ4n) is 2.19. The molecule has 2 rings (SSSR count). The Morgan fingerprint density at radius 2 is 1.68 bits per heavy atom. The van der Waals surface area contributed by atoms with Gasteiger partial charge in [-0.05, 0) is 43.2 Å². The average molecular weight is 317 g/mol. The minimum atomic E-state index is -3.21. The summed E-state index contributed by atoms with van der Waals surface area (Å²) in [5.41, 5.74) is 3.73. The number of nitrogens with one attached hydrogen (secondary N) is 1. The van der Waals surface area contributed by atoms with Crippen LogP contribution in [-0.2, 0) is 21.1 Å². The van der Waals surface area contributed by atoms with Gasteiger partial charge in [0.2, 0.25) is 5.91 Å². The van der Waals surface area contributed by atoms with Crippen LogP contribution < -0.4 is 5.32 Å². The highest BCUT2D eigenvalue weighted by Gasteiger charge is 2.09. The Hall–Kier alpha value is -2.14. The number of rotatable bonds is 4. The molecule has 5 heteroatoms. The van der Waals surface area contributed by atoms with E-state index in [9.17, 15) is 13.2 Å². The molecule has 0 saturated carbocycles. The van der Waals surface area contributed by atoms with Gasteiger partial charge in [-0.15, -0.1) is 0 Å². The van der Waals surface area contributed by atoms with Gasteiger partial charge >= 0.3 is 0 Å². The molecule has 0 aliphatic heterocycles. The van der Waals surface area contributed by atoms with Crippen LogP contribution in [0.1, 0.15) is 16.7 Å². The van der Waals surface area contributed by atoms with Crippen molar-refractivity contribution in [2.45, 2.75) is 25.2 Å². The average Bonchev–Trinajstić information content (AvgIpc) is 2.41. The van der Waals surface area contributed by atoms with Crippen LogP contribution >= 0.6 is 0 Å². The molecule has 0 atom stereocenters. The van der Waals surface area contributed by atoms with Crippen LogP contribution in [0, 0.1) is 13.8 Å². The van der Waals surface area contributed by atoms with Crippen LogP contribution in [0.3, 0.4) is 0 Å². The summed E-state index contributed by atoms with van der Waals surface area (Å²) in [7, 11) is -3.21. The van der Waals surface area contributed by atoms with Gasteiger partial charge in [-0.2, -0.15) is 0 Å². The molecular formula is C17H19NO3S. The summed E-state index contributed by atoms with van der Waals surface area (Å²) in [6, 6.07) is 12.2. The van der Waals surface area contributed by atoms with E-state index in [4.69, 9.17) is 0 Å². The fourth-order valence-corrected chi connectivity index (χ4v) is 2.82. The van der Waals surface area contributed by atoms with Crippen molar-refractivity contribution in [3.05, 3.63) is 59.2 Å². The van der Waals surface area contributed by atoms with Crippen molar-refractivity contribution in [2.24, 2.45) is 0 Å². The van der Waals surface area contributed by atoms with E-state index >= 15 is 0 Å². The van der Waals surface area contributed by atoms with E-state index < -0.39 is 9.84 Å². The first-order valence-electron chi connectivity index (χ1n) is 6.92. The van der Waals surface area contributed by atoms with Crippen LogP contribution in [0.15, 0.2) is 47.4 Å². The summed E-state index contributed by atoms with van der Waals surface area (Å²) in [5.74, 6) is -0.126. The van der Waals surface area contributed by atoms with E-state index in [-0.39, 0.29) is 17.2 Å². The molecule has 2 aromatic rings. The van der Waals surface area contributed by atoms with E-state index in [0.717, 1.165) is 28.6 Å². The quantitative estimate of drug-likeness (QED) is 0.943. The van der Waals surface area contributed by atoms with Crippen LogP contribution in [-0.4, -0.2) is 20.6 Å². The van der Waals surface area contributed by atoms with Gasteiger partial charge in [-0.1, -0.05) is 29.8 Å². The Morgan fingerprint density at radius 3 is 2.23 bits per heavy atom. The molecular weight excluding hydrogens is 298 g/mol. The predicted molar refractivity (Wildman–Crippen MR) is 87.8 cm³/mol. The first-order chi connectivity index (χ1) is 10.3. The molecule has 116 valence electrons. The van der Waals surface area contributed by atoms with E-state index in [1.165, 1.54) is 12.1 Å². The molecule has 1 amide bonds. The number of amides is 1. The fraction of sp³-hybridized carbons (Fsp3) is 0.235. The number of carbonyl (C=O) groups excluding carboxylic acids is 1. The topological polar surface area (TPSA) is 63.2 Å². The monoisotopic (exact) mass is 317 g/mol. The molecule has 0 radical (unpaired) electrons. The maximum Gasteiger partial charge on any atom is 0.228 e. The Labute approximate surface area is 131 Å². The lowest BCUT2D eigenvalue weighted by atomic mass is 10.1. The molecule has 2 aromatic carbocycles. The molecule has 1 N–H and O–H groups in total. The number of aryl methyl sites for hydroxylation is 2. The van der Waals surface area contributed by atoms with Gasteiger partial charge in [0.25, 0.3) is 0 Å². The Balaban J connectivity index is 2.06. The summed E-state index contributed by atoms with van der Waals surface area (Å²) < 4.78 is 22.8. The standard InChI is InChI=1S/C17H19NO3S/c1-12-4-9-16(13(2)10-12)18-17(19)11-14-5-7-15(8-6-14)22(3,20)21/h4-10H,11H2,1-3H3,(H,18,19). The number of hydrogen-bond acceptors (Lipinski definition) is 3.